The van der Waals surface area contributed by atoms with Crippen LogP contribution in [0, 0.1) is 11.3 Å². The van der Waals surface area contributed by atoms with Gasteiger partial charge in [0.15, 0.2) is 6.10 Å². The van der Waals surface area contributed by atoms with Gasteiger partial charge in [-0.15, -0.1) is 0 Å². The van der Waals surface area contributed by atoms with E-state index in [1.54, 1.807) is 6.92 Å². The Labute approximate surface area is 106 Å². The van der Waals surface area contributed by atoms with Crippen LogP contribution in [0.2, 0.25) is 0 Å². The van der Waals surface area contributed by atoms with E-state index in [1.807, 2.05) is 6.07 Å². The minimum Gasteiger partial charge on any atom is -0.446 e. The maximum Gasteiger partial charge on any atom is 0.320 e. The zero-order valence-electron chi connectivity index (χ0n) is 10.0. The van der Waals surface area contributed by atoms with E-state index >= 15 is 0 Å². The van der Waals surface area contributed by atoms with Crippen molar-refractivity contribution in [3.05, 3.63) is 0 Å². The first-order valence-electron chi connectivity index (χ1n) is 5.86. The molecule has 92 valence electrons. The summed E-state index contributed by atoms with van der Waals surface area (Å²) in [5.74, 6) is -0.361. The van der Waals surface area contributed by atoms with E-state index in [4.69, 9.17) is 10.00 Å². The summed E-state index contributed by atoms with van der Waals surface area (Å²) in [6.45, 7) is 3.86. The third-order valence-corrected chi connectivity index (χ3v) is 2.67. The first-order chi connectivity index (χ1) is 7.61. The maximum atomic E-state index is 11.2. The number of carbonyl (C=O) groups is 1. The molecule has 0 N–H and O–H groups in total. The van der Waals surface area contributed by atoms with Crippen molar-refractivity contribution in [2.24, 2.45) is 0 Å². The summed E-state index contributed by atoms with van der Waals surface area (Å²) < 4.78 is 5.02. The SMILES string of the molecule is CCCCCCCC(C#N)OC(=O)[C@H](C)Br. The molecule has 0 fully saturated rings. The molecule has 0 aromatic heterocycles. The highest BCUT2D eigenvalue weighted by molar-refractivity contribution is 9.10. The lowest BCUT2D eigenvalue weighted by molar-refractivity contribution is -0.145. The number of esters is 1. The van der Waals surface area contributed by atoms with Gasteiger partial charge in [0.25, 0.3) is 0 Å². The number of nitriles is 1. The summed E-state index contributed by atoms with van der Waals surface area (Å²) in [4.78, 5) is 10.9. The largest absolute Gasteiger partial charge is 0.446 e. The van der Waals surface area contributed by atoms with Crippen molar-refractivity contribution in [3.63, 3.8) is 0 Å². The molecular formula is C12H20BrNO2. The lowest BCUT2D eigenvalue weighted by atomic mass is 10.1. The van der Waals surface area contributed by atoms with Crippen molar-refractivity contribution < 1.29 is 9.53 Å². The van der Waals surface area contributed by atoms with Gasteiger partial charge in [-0.05, 0) is 19.8 Å². The number of rotatable bonds is 8. The third kappa shape index (κ3) is 7.70. The van der Waals surface area contributed by atoms with Gasteiger partial charge in [-0.25, -0.2) is 0 Å². The summed E-state index contributed by atoms with van der Waals surface area (Å²) in [7, 11) is 0. The van der Waals surface area contributed by atoms with Gasteiger partial charge in [0.1, 0.15) is 10.9 Å². The molecule has 0 rings (SSSR count). The van der Waals surface area contributed by atoms with Crippen LogP contribution in [-0.4, -0.2) is 16.9 Å². The molecule has 0 radical (unpaired) electrons. The van der Waals surface area contributed by atoms with Gasteiger partial charge in [-0.2, -0.15) is 5.26 Å². The molecule has 0 aliphatic rings. The number of alkyl halides is 1. The summed E-state index contributed by atoms with van der Waals surface area (Å²) in [5, 5.41) is 8.82. The molecule has 0 amide bonds. The smallest absolute Gasteiger partial charge is 0.320 e. The number of unbranched alkanes of at least 4 members (excludes halogenated alkanes) is 4. The Morgan fingerprint density at radius 3 is 2.50 bits per heavy atom. The number of hydrogen-bond donors (Lipinski definition) is 0. The van der Waals surface area contributed by atoms with Crippen molar-refractivity contribution in [1.29, 1.82) is 5.26 Å². The zero-order valence-corrected chi connectivity index (χ0v) is 11.6. The molecule has 0 aliphatic carbocycles. The second-order valence-electron chi connectivity index (χ2n) is 3.87. The van der Waals surface area contributed by atoms with Gasteiger partial charge < -0.3 is 4.74 Å². The molecule has 0 aliphatic heterocycles. The molecule has 0 spiro atoms. The van der Waals surface area contributed by atoms with Gasteiger partial charge in [0.2, 0.25) is 0 Å². The summed E-state index contributed by atoms with van der Waals surface area (Å²) in [6, 6.07) is 2.01. The van der Waals surface area contributed by atoms with E-state index in [-0.39, 0.29) is 10.8 Å². The Bertz CT molecular complexity index is 236. The van der Waals surface area contributed by atoms with Crippen molar-refractivity contribution in [2.45, 2.75) is 63.3 Å². The summed E-state index contributed by atoms with van der Waals surface area (Å²) in [6.07, 6.45) is 5.74. The number of hydrogen-bond acceptors (Lipinski definition) is 3. The molecule has 0 heterocycles. The summed E-state index contributed by atoms with van der Waals surface area (Å²) >= 11 is 3.12. The Hall–Kier alpha value is -0.560. The standard InChI is InChI=1S/C12H20BrNO2/c1-3-4-5-6-7-8-11(9-14)16-12(15)10(2)13/h10-11H,3-8H2,1-2H3/t10-,11?/m0/s1. The minimum absolute atomic E-state index is 0.344. The Morgan fingerprint density at radius 1 is 1.38 bits per heavy atom. The minimum atomic E-state index is -0.589. The fourth-order valence-corrected chi connectivity index (χ4v) is 1.42. The summed E-state index contributed by atoms with van der Waals surface area (Å²) in [5.41, 5.74) is 0. The highest BCUT2D eigenvalue weighted by Gasteiger charge is 2.16. The van der Waals surface area contributed by atoms with Crippen LogP contribution in [0.25, 0.3) is 0 Å². The highest BCUT2D eigenvalue weighted by Crippen LogP contribution is 2.11. The van der Waals surface area contributed by atoms with Crippen LogP contribution in [-0.2, 0) is 9.53 Å². The Balaban J connectivity index is 3.68. The maximum absolute atomic E-state index is 11.2. The van der Waals surface area contributed by atoms with E-state index in [0.29, 0.717) is 6.42 Å². The van der Waals surface area contributed by atoms with E-state index in [2.05, 4.69) is 22.9 Å². The second kappa shape index (κ2) is 9.65. The molecule has 3 nitrogen and oxygen atoms in total. The quantitative estimate of drug-likeness (QED) is 0.390. The molecule has 1 unspecified atom stereocenters. The third-order valence-electron chi connectivity index (χ3n) is 2.30. The number of halogens is 1. The van der Waals surface area contributed by atoms with Gasteiger partial charge in [-0.1, -0.05) is 48.5 Å². The van der Waals surface area contributed by atoms with Crippen LogP contribution in [0.3, 0.4) is 0 Å². The number of carbonyl (C=O) groups excluding carboxylic acids is 1. The van der Waals surface area contributed by atoms with Crippen LogP contribution < -0.4 is 0 Å². The normalized spacial score (nSPS) is 13.9. The molecule has 0 saturated heterocycles. The highest BCUT2D eigenvalue weighted by atomic mass is 79.9. The first kappa shape index (κ1) is 15.4. The fourth-order valence-electron chi connectivity index (χ4n) is 1.32. The van der Waals surface area contributed by atoms with E-state index < -0.39 is 6.10 Å². The van der Waals surface area contributed by atoms with Crippen molar-refractivity contribution in [1.82, 2.24) is 0 Å². The predicted octanol–water partition coefficient (Wildman–Crippen LogP) is 3.57. The van der Waals surface area contributed by atoms with Gasteiger partial charge in [0, 0.05) is 0 Å². The van der Waals surface area contributed by atoms with Crippen molar-refractivity contribution >= 4 is 21.9 Å². The van der Waals surface area contributed by atoms with Gasteiger partial charge in [0.05, 0.1) is 0 Å². The van der Waals surface area contributed by atoms with E-state index in [0.717, 1.165) is 12.8 Å². The van der Waals surface area contributed by atoms with Crippen LogP contribution in [0.1, 0.15) is 52.4 Å². The number of nitrogens with zero attached hydrogens (tertiary/aromatic N) is 1. The molecule has 0 aromatic carbocycles. The molecular weight excluding hydrogens is 270 g/mol. The lowest BCUT2D eigenvalue weighted by Crippen LogP contribution is -2.21. The molecule has 0 aromatic rings. The van der Waals surface area contributed by atoms with Crippen molar-refractivity contribution in [3.8, 4) is 6.07 Å². The fraction of sp³-hybridized carbons (Fsp3) is 0.833. The topological polar surface area (TPSA) is 50.1 Å². The first-order valence-corrected chi connectivity index (χ1v) is 6.77. The Morgan fingerprint density at radius 2 is 2.00 bits per heavy atom. The van der Waals surface area contributed by atoms with Crippen LogP contribution in [0.15, 0.2) is 0 Å². The molecule has 2 atom stereocenters. The number of ether oxygens (including phenoxy) is 1. The monoisotopic (exact) mass is 289 g/mol. The second-order valence-corrected chi connectivity index (χ2v) is 5.25. The van der Waals surface area contributed by atoms with Crippen LogP contribution >= 0.6 is 15.9 Å². The van der Waals surface area contributed by atoms with Gasteiger partial charge >= 0.3 is 5.97 Å². The van der Waals surface area contributed by atoms with Crippen LogP contribution in [0.4, 0.5) is 0 Å². The molecule has 4 heteroatoms. The van der Waals surface area contributed by atoms with E-state index in [1.165, 1.54) is 19.3 Å². The molecule has 0 bridgehead atoms. The van der Waals surface area contributed by atoms with E-state index in [9.17, 15) is 4.79 Å². The van der Waals surface area contributed by atoms with Gasteiger partial charge in [-0.3, -0.25) is 4.79 Å². The average molecular weight is 290 g/mol. The molecule has 16 heavy (non-hydrogen) atoms. The Kier molecular flexibility index (Phi) is 9.31. The average Bonchev–Trinajstić information content (AvgIpc) is 2.26. The molecule has 0 saturated carbocycles. The lowest BCUT2D eigenvalue weighted by Gasteiger charge is -2.11. The predicted molar refractivity (Wildman–Crippen MR) is 67.3 cm³/mol. The van der Waals surface area contributed by atoms with Crippen LogP contribution in [0.5, 0.6) is 0 Å². The zero-order chi connectivity index (χ0) is 12.4. The van der Waals surface area contributed by atoms with Crippen molar-refractivity contribution in [2.75, 3.05) is 0 Å².